The Morgan fingerprint density at radius 3 is 2.65 bits per heavy atom. The highest BCUT2D eigenvalue weighted by Gasteiger charge is 2.09. The lowest BCUT2D eigenvalue weighted by Crippen LogP contribution is -2.34. The average molecular weight is 246 g/mol. The second-order valence-electron chi connectivity index (χ2n) is 4.06. The molecule has 1 unspecified atom stereocenters. The fourth-order valence-corrected chi connectivity index (χ4v) is 1.36. The van der Waals surface area contributed by atoms with Gasteiger partial charge in [-0.1, -0.05) is 6.92 Å². The maximum atomic E-state index is 11.5. The van der Waals surface area contributed by atoms with E-state index in [2.05, 4.69) is 10.6 Å². The summed E-state index contributed by atoms with van der Waals surface area (Å²) >= 11 is 0. The first-order valence-corrected chi connectivity index (χ1v) is 6.21. The van der Waals surface area contributed by atoms with Gasteiger partial charge in [0.25, 0.3) is 0 Å². The number of nitrogens with one attached hydrogen (secondary N) is 2. The van der Waals surface area contributed by atoms with Crippen molar-refractivity contribution in [2.45, 2.75) is 19.8 Å². The molecule has 1 amide bonds. The molecule has 5 heteroatoms. The molecular weight excluding hydrogens is 220 g/mol. The predicted octanol–water partition coefficient (Wildman–Crippen LogP) is 0.401. The Morgan fingerprint density at radius 1 is 1.24 bits per heavy atom. The fourth-order valence-electron chi connectivity index (χ4n) is 1.36. The molecule has 0 aromatic heterocycles. The van der Waals surface area contributed by atoms with E-state index in [0.717, 1.165) is 26.0 Å². The molecule has 0 saturated carbocycles. The Kier molecular flexibility index (Phi) is 11.4. The van der Waals surface area contributed by atoms with Crippen molar-refractivity contribution in [1.82, 2.24) is 10.6 Å². The Labute approximate surface area is 104 Å². The van der Waals surface area contributed by atoms with Crippen molar-refractivity contribution in [1.29, 1.82) is 0 Å². The number of amides is 1. The van der Waals surface area contributed by atoms with Crippen LogP contribution in [0.1, 0.15) is 19.8 Å². The molecule has 0 aliphatic heterocycles. The summed E-state index contributed by atoms with van der Waals surface area (Å²) in [6, 6.07) is 0. The molecule has 0 aromatic rings. The molecule has 0 aliphatic carbocycles. The minimum atomic E-state index is 0.0259. The second kappa shape index (κ2) is 11.8. The molecule has 2 N–H and O–H groups in total. The summed E-state index contributed by atoms with van der Waals surface area (Å²) < 4.78 is 10.2. The van der Waals surface area contributed by atoms with Gasteiger partial charge in [-0.05, 0) is 19.9 Å². The van der Waals surface area contributed by atoms with Crippen LogP contribution in [0.15, 0.2) is 0 Å². The Balaban J connectivity index is 3.24. The second-order valence-corrected chi connectivity index (χ2v) is 4.06. The lowest BCUT2D eigenvalue weighted by molar-refractivity contribution is -0.124. The van der Waals surface area contributed by atoms with Gasteiger partial charge in [-0.3, -0.25) is 4.79 Å². The maximum absolute atomic E-state index is 11.5. The Morgan fingerprint density at radius 2 is 2.00 bits per heavy atom. The van der Waals surface area contributed by atoms with Gasteiger partial charge in [0, 0.05) is 32.7 Å². The first-order valence-electron chi connectivity index (χ1n) is 6.21. The zero-order valence-electron chi connectivity index (χ0n) is 11.3. The summed E-state index contributed by atoms with van der Waals surface area (Å²) in [5.74, 6) is 0.137. The van der Waals surface area contributed by atoms with Crippen LogP contribution in [0.2, 0.25) is 0 Å². The summed E-state index contributed by atoms with van der Waals surface area (Å²) in [6.07, 6.45) is 1.91. The zero-order chi connectivity index (χ0) is 12.9. The topological polar surface area (TPSA) is 59.6 Å². The molecule has 102 valence electrons. The van der Waals surface area contributed by atoms with Crippen LogP contribution in [0.5, 0.6) is 0 Å². The average Bonchev–Trinajstić information content (AvgIpc) is 2.32. The van der Waals surface area contributed by atoms with Gasteiger partial charge in [-0.2, -0.15) is 0 Å². The third-order valence-electron chi connectivity index (χ3n) is 2.40. The van der Waals surface area contributed by atoms with Crippen molar-refractivity contribution in [3.8, 4) is 0 Å². The van der Waals surface area contributed by atoms with Crippen LogP contribution < -0.4 is 10.6 Å². The summed E-state index contributed by atoms with van der Waals surface area (Å²) in [5, 5.41) is 5.90. The van der Waals surface area contributed by atoms with Crippen LogP contribution in [-0.2, 0) is 14.3 Å². The summed E-state index contributed by atoms with van der Waals surface area (Å²) in [6.45, 7) is 5.36. The van der Waals surface area contributed by atoms with E-state index < -0.39 is 0 Å². The van der Waals surface area contributed by atoms with E-state index in [0.29, 0.717) is 19.8 Å². The molecule has 5 nitrogen and oxygen atoms in total. The zero-order valence-corrected chi connectivity index (χ0v) is 11.3. The van der Waals surface area contributed by atoms with Gasteiger partial charge in [-0.25, -0.2) is 0 Å². The third-order valence-corrected chi connectivity index (χ3v) is 2.40. The minimum Gasteiger partial charge on any atom is -0.382 e. The van der Waals surface area contributed by atoms with Crippen LogP contribution in [0.3, 0.4) is 0 Å². The fraction of sp³-hybridized carbons (Fsp3) is 0.917. The van der Waals surface area contributed by atoms with Crippen molar-refractivity contribution in [2.24, 2.45) is 5.92 Å². The molecule has 0 aliphatic rings. The van der Waals surface area contributed by atoms with Gasteiger partial charge in [-0.15, -0.1) is 0 Å². The number of hydrogen-bond donors (Lipinski definition) is 2. The number of methoxy groups -OCH3 is 1. The van der Waals surface area contributed by atoms with Crippen LogP contribution in [0.4, 0.5) is 0 Å². The molecule has 0 rings (SSSR count). The van der Waals surface area contributed by atoms with E-state index in [1.807, 2.05) is 14.0 Å². The number of hydrogen-bond acceptors (Lipinski definition) is 4. The van der Waals surface area contributed by atoms with Crippen LogP contribution in [-0.4, -0.2) is 53.0 Å². The number of carbonyl (C=O) groups is 1. The van der Waals surface area contributed by atoms with Gasteiger partial charge in [0.2, 0.25) is 5.91 Å². The predicted molar refractivity (Wildman–Crippen MR) is 68.0 cm³/mol. The number of unbranched alkanes of at least 4 members (excludes halogenated alkanes) is 1. The summed E-state index contributed by atoms with van der Waals surface area (Å²) in [7, 11) is 3.51. The summed E-state index contributed by atoms with van der Waals surface area (Å²) in [5.41, 5.74) is 0. The molecule has 0 radical (unpaired) electrons. The first-order chi connectivity index (χ1) is 8.22. The van der Waals surface area contributed by atoms with Crippen molar-refractivity contribution >= 4 is 5.91 Å². The molecule has 0 bridgehead atoms. The number of ether oxygens (including phenoxy) is 2. The van der Waals surface area contributed by atoms with E-state index in [1.165, 1.54) is 0 Å². The van der Waals surface area contributed by atoms with Crippen LogP contribution >= 0.6 is 0 Å². The third kappa shape index (κ3) is 10.2. The molecule has 0 fully saturated rings. The molecule has 0 aromatic carbocycles. The molecule has 0 heterocycles. The number of carbonyl (C=O) groups excluding carboxylic acids is 1. The van der Waals surface area contributed by atoms with E-state index in [9.17, 15) is 4.79 Å². The van der Waals surface area contributed by atoms with Crippen LogP contribution in [0, 0.1) is 5.92 Å². The van der Waals surface area contributed by atoms with Crippen molar-refractivity contribution < 1.29 is 14.3 Å². The minimum absolute atomic E-state index is 0.0259. The molecule has 0 saturated heterocycles. The normalized spacial score (nSPS) is 12.4. The highest BCUT2D eigenvalue weighted by molar-refractivity contribution is 5.78. The van der Waals surface area contributed by atoms with Gasteiger partial charge >= 0.3 is 0 Å². The largest absolute Gasteiger partial charge is 0.382 e. The van der Waals surface area contributed by atoms with Gasteiger partial charge in [0.1, 0.15) is 0 Å². The standard InChI is InChI=1S/C12H26N2O3/c1-11(10-13-2)12(15)14-6-4-5-7-17-9-8-16-3/h11,13H,4-10H2,1-3H3,(H,14,15). The van der Waals surface area contributed by atoms with Gasteiger partial charge in [0.05, 0.1) is 13.2 Å². The highest BCUT2D eigenvalue weighted by Crippen LogP contribution is 1.93. The Bertz CT molecular complexity index is 189. The van der Waals surface area contributed by atoms with E-state index in [4.69, 9.17) is 9.47 Å². The number of rotatable bonds is 11. The van der Waals surface area contributed by atoms with E-state index >= 15 is 0 Å². The molecule has 1 atom stereocenters. The maximum Gasteiger partial charge on any atom is 0.224 e. The van der Waals surface area contributed by atoms with Crippen LogP contribution in [0.25, 0.3) is 0 Å². The van der Waals surface area contributed by atoms with E-state index in [-0.39, 0.29) is 11.8 Å². The highest BCUT2D eigenvalue weighted by atomic mass is 16.5. The van der Waals surface area contributed by atoms with Crippen molar-refractivity contribution in [3.63, 3.8) is 0 Å². The Hall–Kier alpha value is -0.650. The quantitative estimate of drug-likeness (QED) is 0.518. The van der Waals surface area contributed by atoms with E-state index in [1.54, 1.807) is 7.11 Å². The SMILES string of the molecule is CNCC(C)C(=O)NCCCCOCCOC. The van der Waals surface area contributed by atoms with Crippen molar-refractivity contribution in [2.75, 3.05) is 47.1 Å². The molecular formula is C12H26N2O3. The lowest BCUT2D eigenvalue weighted by atomic mass is 10.1. The lowest BCUT2D eigenvalue weighted by Gasteiger charge is -2.11. The molecule has 17 heavy (non-hydrogen) atoms. The molecule has 0 spiro atoms. The summed E-state index contributed by atoms with van der Waals surface area (Å²) in [4.78, 5) is 11.5. The van der Waals surface area contributed by atoms with Gasteiger partial charge < -0.3 is 20.1 Å². The first kappa shape index (κ1) is 16.4. The van der Waals surface area contributed by atoms with Crippen molar-refractivity contribution in [3.05, 3.63) is 0 Å². The monoisotopic (exact) mass is 246 g/mol. The smallest absolute Gasteiger partial charge is 0.224 e. The van der Waals surface area contributed by atoms with Gasteiger partial charge in [0.15, 0.2) is 0 Å².